The second-order valence-electron chi connectivity index (χ2n) is 7.98. The van der Waals surface area contributed by atoms with Crippen molar-refractivity contribution < 1.29 is 9.18 Å². The van der Waals surface area contributed by atoms with Crippen LogP contribution in [0.5, 0.6) is 0 Å². The molecule has 2 aromatic rings. The van der Waals surface area contributed by atoms with Gasteiger partial charge in [0.25, 0.3) is 0 Å². The number of carbonyl (C=O) groups excluding carboxylic acids is 1. The lowest BCUT2D eigenvalue weighted by Crippen LogP contribution is -2.35. The first-order chi connectivity index (χ1) is 13.6. The highest BCUT2D eigenvalue weighted by atomic mass is 19.1. The van der Waals surface area contributed by atoms with E-state index in [1.54, 1.807) is 19.2 Å². The van der Waals surface area contributed by atoms with Gasteiger partial charge in [0.1, 0.15) is 5.82 Å². The maximum absolute atomic E-state index is 13.1. The number of likely N-dealkylation sites (tertiary alicyclic amines) is 1. The summed E-state index contributed by atoms with van der Waals surface area (Å²) in [6.45, 7) is 3.25. The van der Waals surface area contributed by atoms with Gasteiger partial charge < -0.3 is 15.5 Å². The van der Waals surface area contributed by atoms with Gasteiger partial charge in [-0.1, -0.05) is 18.2 Å². The minimum absolute atomic E-state index is 0.161. The van der Waals surface area contributed by atoms with E-state index in [-0.39, 0.29) is 11.8 Å². The molecule has 2 aromatic carbocycles. The van der Waals surface area contributed by atoms with Crippen LogP contribution < -0.4 is 10.6 Å². The minimum Gasteiger partial charge on any atom is -0.341 e. The number of carbonyl (C=O) groups is 1. The number of hydrogen-bond donors (Lipinski definition) is 2. The normalized spacial score (nSPS) is 20.0. The van der Waals surface area contributed by atoms with Gasteiger partial charge in [0.15, 0.2) is 0 Å². The highest BCUT2D eigenvalue weighted by molar-refractivity contribution is 5.89. The summed E-state index contributed by atoms with van der Waals surface area (Å²) in [5.74, 6) is 0.909. The number of aryl methyl sites for hydroxylation is 1. The van der Waals surface area contributed by atoms with Crippen molar-refractivity contribution in [3.05, 3.63) is 65.0 Å². The molecule has 1 aliphatic heterocycles. The quantitative estimate of drug-likeness (QED) is 0.820. The van der Waals surface area contributed by atoms with E-state index in [1.165, 1.54) is 23.1 Å². The van der Waals surface area contributed by atoms with Crippen LogP contribution in [0.4, 0.5) is 14.9 Å². The maximum atomic E-state index is 13.1. The number of urea groups is 1. The lowest BCUT2D eigenvalue weighted by molar-refractivity contribution is 0.200. The average molecular weight is 381 g/mol. The molecule has 0 spiro atoms. The molecule has 28 heavy (non-hydrogen) atoms. The number of fused-ring (bicyclic) bond motifs is 1. The number of rotatable bonds is 4. The third kappa shape index (κ3) is 4.20. The zero-order chi connectivity index (χ0) is 19.5. The van der Waals surface area contributed by atoms with Crippen LogP contribution in [-0.2, 0) is 6.42 Å². The molecule has 2 aliphatic rings. The third-order valence-corrected chi connectivity index (χ3v) is 6.24. The van der Waals surface area contributed by atoms with Crippen molar-refractivity contribution >= 4 is 11.7 Å². The molecular formula is C23H28FN3O. The first kappa shape index (κ1) is 18.9. The van der Waals surface area contributed by atoms with Crippen LogP contribution >= 0.6 is 0 Å². The summed E-state index contributed by atoms with van der Waals surface area (Å²) in [6, 6.07) is 13.1. The van der Waals surface area contributed by atoms with E-state index in [0.717, 1.165) is 44.6 Å². The zero-order valence-corrected chi connectivity index (χ0v) is 16.4. The van der Waals surface area contributed by atoms with Crippen molar-refractivity contribution in [3.8, 4) is 0 Å². The van der Waals surface area contributed by atoms with Gasteiger partial charge >= 0.3 is 6.03 Å². The maximum Gasteiger partial charge on any atom is 0.318 e. The molecule has 0 radical (unpaired) electrons. The Balaban J connectivity index is 1.36. The summed E-state index contributed by atoms with van der Waals surface area (Å²) in [5.41, 5.74) is 4.92. The lowest BCUT2D eigenvalue weighted by atomic mass is 9.89. The molecule has 1 heterocycles. The van der Waals surface area contributed by atoms with Crippen molar-refractivity contribution in [3.63, 3.8) is 0 Å². The van der Waals surface area contributed by atoms with Gasteiger partial charge in [-0.05, 0) is 91.6 Å². The standard InChI is InChI=1S/C23H28FN3O/c1-25-23(28)26-21-9-6-18-2-3-19(22(18)14-21)15-27-12-10-17(11-13-27)16-4-7-20(24)8-5-16/h4-9,14,17,19H,2-3,10-13,15H2,1H3,(H2,25,26,28). The molecule has 148 valence electrons. The van der Waals surface area contributed by atoms with Crippen LogP contribution in [0.15, 0.2) is 42.5 Å². The third-order valence-electron chi connectivity index (χ3n) is 6.24. The predicted molar refractivity (Wildman–Crippen MR) is 110 cm³/mol. The number of halogens is 1. The summed E-state index contributed by atoms with van der Waals surface area (Å²) in [7, 11) is 1.63. The van der Waals surface area contributed by atoms with E-state index in [1.807, 2.05) is 18.2 Å². The molecule has 2 N–H and O–H groups in total. The van der Waals surface area contributed by atoms with Crippen LogP contribution in [0.3, 0.4) is 0 Å². The second-order valence-corrected chi connectivity index (χ2v) is 7.98. The van der Waals surface area contributed by atoms with Gasteiger partial charge in [-0.3, -0.25) is 0 Å². The van der Waals surface area contributed by atoms with E-state index >= 15 is 0 Å². The largest absolute Gasteiger partial charge is 0.341 e. The fourth-order valence-electron chi connectivity index (χ4n) is 4.64. The van der Waals surface area contributed by atoms with Gasteiger partial charge in [-0.15, -0.1) is 0 Å². The first-order valence-electron chi connectivity index (χ1n) is 10.2. The molecule has 0 bridgehead atoms. The van der Waals surface area contributed by atoms with Crippen LogP contribution in [-0.4, -0.2) is 37.6 Å². The molecule has 1 atom stereocenters. The van der Waals surface area contributed by atoms with Crippen molar-refractivity contribution in [2.75, 3.05) is 32.0 Å². The van der Waals surface area contributed by atoms with Gasteiger partial charge in [-0.25, -0.2) is 9.18 Å². The van der Waals surface area contributed by atoms with Crippen molar-refractivity contribution in [1.29, 1.82) is 0 Å². The Bertz CT molecular complexity index is 828. The fraction of sp³-hybridized carbons (Fsp3) is 0.435. The summed E-state index contributed by atoms with van der Waals surface area (Å²) in [6.07, 6.45) is 4.55. The van der Waals surface area contributed by atoms with E-state index < -0.39 is 0 Å². The zero-order valence-electron chi connectivity index (χ0n) is 16.4. The summed E-state index contributed by atoms with van der Waals surface area (Å²) < 4.78 is 13.1. The average Bonchev–Trinajstić information content (AvgIpc) is 3.11. The summed E-state index contributed by atoms with van der Waals surface area (Å²) >= 11 is 0. The van der Waals surface area contributed by atoms with Gasteiger partial charge in [-0.2, -0.15) is 0 Å². The highest BCUT2D eigenvalue weighted by Crippen LogP contribution is 2.37. The number of anilines is 1. The van der Waals surface area contributed by atoms with Crippen LogP contribution in [0.25, 0.3) is 0 Å². The lowest BCUT2D eigenvalue weighted by Gasteiger charge is -2.34. The van der Waals surface area contributed by atoms with Gasteiger partial charge in [0.05, 0.1) is 0 Å². The van der Waals surface area contributed by atoms with Crippen molar-refractivity contribution in [2.45, 2.75) is 37.5 Å². The highest BCUT2D eigenvalue weighted by Gasteiger charge is 2.27. The van der Waals surface area contributed by atoms with E-state index in [4.69, 9.17) is 0 Å². The molecule has 1 saturated heterocycles. The van der Waals surface area contributed by atoms with E-state index in [9.17, 15) is 9.18 Å². The molecular weight excluding hydrogens is 353 g/mol. The number of piperidine rings is 1. The second kappa shape index (κ2) is 8.31. The molecule has 1 fully saturated rings. The van der Waals surface area contributed by atoms with Crippen LogP contribution in [0.2, 0.25) is 0 Å². The predicted octanol–water partition coefficient (Wildman–Crippen LogP) is 4.49. The molecule has 4 rings (SSSR count). The minimum atomic E-state index is -0.183. The Hall–Kier alpha value is -2.40. The first-order valence-corrected chi connectivity index (χ1v) is 10.2. The molecule has 0 aromatic heterocycles. The number of benzene rings is 2. The summed E-state index contributed by atoms with van der Waals surface area (Å²) in [4.78, 5) is 14.2. The van der Waals surface area contributed by atoms with E-state index in [2.05, 4.69) is 27.7 Å². The van der Waals surface area contributed by atoms with Gasteiger partial charge in [0.2, 0.25) is 0 Å². The fourth-order valence-corrected chi connectivity index (χ4v) is 4.64. The Kier molecular flexibility index (Phi) is 5.62. The number of nitrogens with one attached hydrogen (secondary N) is 2. The monoisotopic (exact) mass is 381 g/mol. The van der Waals surface area contributed by atoms with Gasteiger partial charge in [0, 0.05) is 19.3 Å². The number of hydrogen-bond acceptors (Lipinski definition) is 2. The molecule has 1 unspecified atom stereocenters. The van der Waals surface area contributed by atoms with Crippen LogP contribution in [0.1, 0.15) is 47.8 Å². The molecule has 2 amide bonds. The molecule has 1 aliphatic carbocycles. The van der Waals surface area contributed by atoms with Crippen molar-refractivity contribution in [2.24, 2.45) is 0 Å². The molecule has 0 saturated carbocycles. The Morgan fingerprint density at radius 3 is 2.57 bits per heavy atom. The van der Waals surface area contributed by atoms with E-state index in [0.29, 0.717) is 11.8 Å². The summed E-state index contributed by atoms with van der Waals surface area (Å²) in [5, 5.41) is 5.48. The number of nitrogens with zero attached hydrogens (tertiary/aromatic N) is 1. The van der Waals surface area contributed by atoms with Crippen molar-refractivity contribution in [1.82, 2.24) is 10.2 Å². The topological polar surface area (TPSA) is 44.4 Å². The smallest absolute Gasteiger partial charge is 0.318 e. The SMILES string of the molecule is CNC(=O)Nc1ccc2c(c1)C(CN1CCC(c3ccc(F)cc3)CC1)CC2. The Morgan fingerprint density at radius 2 is 1.86 bits per heavy atom. The van der Waals surface area contributed by atoms with Crippen LogP contribution in [0, 0.1) is 5.82 Å². The number of amides is 2. The Labute approximate surface area is 166 Å². The molecule has 4 nitrogen and oxygen atoms in total. The molecule has 5 heteroatoms. The Morgan fingerprint density at radius 1 is 1.11 bits per heavy atom.